The van der Waals surface area contributed by atoms with Crippen LogP contribution in [0.15, 0.2) is 52.7 Å². The van der Waals surface area contributed by atoms with Crippen molar-refractivity contribution in [3.63, 3.8) is 0 Å². The van der Waals surface area contributed by atoms with E-state index in [1.165, 1.54) is 37.4 Å². The smallest absolute Gasteiger partial charge is 0.154 e. The van der Waals surface area contributed by atoms with Crippen LogP contribution in [0, 0.1) is 0 Å². The van der Waals surface area contributed by atoms with Gasteiger partial charge in [-0.1, -0.05) is 6.07 Å². The van der Waals surface area contributed by atoms with Crippen LogP contribution < -0.4 is 4.74 Å². The molecule has 24 heavy (non-hydrogen) atoms. The Bertz CT molecular complexity index is 953. The fourth-order valence-electron chi connectivity index (χ4n) is 2.34. The minimum Gasteiger partial charge on any atom is -0.508 e. The number of hydrogen-bond acceptors (Lipinski definition) is 7. The number of fused-ring (bicyclic) bond motifs is 1. The maximum atomic E-state index is 10.3. The van der Waals surface area contributed by atoms with Gasteiger partial charge in [0.25, 0.3) is 0 Å². The van der Waals surface area contributed by atoms with Crippen LogP contribution >= 0.6 is 0 Å². The van der Waals surface area contributed by atoms with E-state index in [-0.39, 0.29) is 34.1 Å². The highest BCUT2D eigenvalue weighted by molar-refractivity contribution is 5.97. The summed E-state index contributed by atoms with van der Waals surface area (Å²) in [5.74, 6) is -0.272. The number of phenolic OH excluding ortho intramolecular Hbond substituents is 4. The SMILES string of the molecule is COc1cc(O)ccc1N=Nc1ccc2cc(O)cc(O)c2c1O. The van der Waals surface area contributed by atoms with Crippen LogP contribution in [-0.4, -0.2) is 27.5 Å². The van der Waals surface area contributed by atoms with Crippen LogP contribution in [0.1, 0.15) is 0 Å². The highest BCUT2D eigenvalue weighted by Crippen LogP contribution is 2.42. The molecule has 3 aromatic rings. The van der Waals surface area contributed by atoms with E-state index in [9.17, 15) is 20.4 Å². The number of phenols is 4. The van der Waals surface area contributed by atoms with Crippen LogP contribution in [0.25, 0.3) is 10.8 Å². The summed E-state index contributed by atoms with van der Waals surface area (Å²) < 4.78 is 5.10. The summed E-state index contributed by atoms with van der Waals surface area (Å²) >= 11 is 0. The van der Waals surface area contributed by atoms with Gasteiger partial charge < -0.3 is 25.2 Å². The Morgan fingerprint density at radius 1 is 0.792 bits per heavy atom. The lowest BCUT2D eigenvalue weighted by atomic mass is 10.1. The number of ether oxygens (including phenoxy) is 1. The number of benzene rings is 3. The molecule has 7 heteroatoms. The summed E-state index contributed by atoms with van der Waals surface area (Å²) in [5, 5.41) is 47.7. The predicted molar refractivity (Wildman–Crippen MR) is 87.8 cm³/mol. The standard InChI is InChI=1S/C17H14N2O5/c1-24-15-8-10(20)3-5-12(15)18-19-13-4-2-9-6-11(21)7-14(22)16(9)17(13)23/h2-8,20-23H,1H3. The van der Waals surface area contributed by atoms with Gasteiger partial charge in [0, 0.05) is 12.1 Å². The lowest BCUT2D eigenvalue weighted by Gasteiger charge is -2.07. The van der Waals surface area contributed by atoms with Crippen molar-refractivity contribution in [1.82, 2.24) is 0 Å². The molecule has 0 heterocycles. The fourth-order valence-corrected chi connectivity index (χ4v) is 2.34. The summed E-state index contributed by atoms with van der Waals surface area (Å²) in [4.78, 5) is 0. The molecular weight excluding hydrogens is 312 g/mol. The van der Waals surface area contributed by atoms with Crippen LogP contribution in [0.4, 0.5) is 11.4 Å². The molecule has 0 aromatic heterocycles. The topological polar surface area (TPSA) is 115 Å². The first-order chi connectivity index (χ1) is 11.5. The van der Waals surface area contributed by atoms with Crippen molar-refractivity contribution in [2.24, 2.45) is 10.2 Å². The molecule has 0 saturated carbocycles. The summed E-state index contributed by atoms with van der Waals surface area (Å²) in [5.41, 5.74) is 0.503. The van der Waals surface area contributed by atoms with E-state index in [0.717, 1.165) is 6.07 Å². The minimum absolute atomic E-state index is 0.0316. The Labute approximate surface area is 136 Å². The Kier molecular flexibility index (Phi) is 3.83. The molecule has 0 aliphatic carbocycles. The zero-order valence-electron chi connectivity index (χ0n) is 12.6. The summed E-state index contributed by atoms with van der Waals surface area (Å²) in [6.45, 7) is 0. The van der Waals surface area contributed by atoms with E-state index >= 15 is 0 Å². The van der Waals surface area contributed by atoms with Gasteiger partial charge in [0.1, 0.15) is 34.4 Å². The van der Waals surface area contributed by atoms with E-state index in [2.05, 4.69) is 10.2 Å². The molecule has 0 spiro atoms. The highest BCUT2D eigenvalue weighted by atomic mass is 16.5. The van der Waals surface area contributed by atoms with E-state index in [1.54, 1.807) is 6.07 Å². The third-order valence-corrected chi connectivity index (χ3v) is 3.46. The summed E-state index contributed by atoms with van der Waals surface area (Å²) in [6, 6.07) is 9.99. The number of hydrogen-bond donors (Lipinski definition) is 4. The van der Waals surface area contributed by atoms with Crippen molar-refractivity contribution >= 4 is 22.1 Å². The molecule has 0 radical (unpaired) electrons. The maximum Gasteiger partial charge on any atom is 0.154 e. The van der Waals surface area contributed by atoms with Gasteiger partial charge in [-0.05, 0) is 29.7 Å². The molecule has 7 nitrogen and oxygen atoms in total. The highest BCUT2D eigenvalue weighted by Gasteiger charge is 2.12. The normalized spacial score (nSPS) is 11.2. The maximum absolute atomic E-state index is 10.3. The molecule has 0 aliphatic heterocycles. The molecule has 3 rings (SSSR count). The van der Waals surface area contributed by atoms with Crippen LogP contribution in [0.5, 0.6) is 28.7 Å². The summed E-state index contributed by atoms with van der Waals surface area (Å²) in [7, 11) is 1.44. The zero-order valence-corrected chi connectivity index (χ0v) is 12.6. The average molecular weight is 326 g/mol. The monoisotopic (exact) mass is 326 g/mol. The first kappa shape index (κ1) is 15.4. The molecule has 0 fully saturated rings. The number of azo groups is 1. The van der Waals surface area contributed by atoms with Gasteiger partial charge in [-0.2, -0.15) is 0 Å². The lowest BCUT2D eigenvalue weighted by molar-refractivity contribution is 0.408. The predicted octanol–water partition coefficient (Wildman–Crippen LogP) is 4.09. The van der Waals surface area contributed by atoms with E-state index < -0.39 is 0 Å². The van der Waals surface area contributed by atoms with Crippen molar-refractivity contribution in [1.29, 1.82) is 0 Å². The molecule has 0 aliphatic rings. The summed E-state index contributed by atoms with van der Waals surface area (Å²) in [6.07, 6.45) is 0. The Hall–Kier alpha value is -3.48. The molecule has 3 aromatic carbocycles. The molecule has 122 valence electrons. The molecule has 0 unspecified atom stereocenters. The van der Waals surface area contributed by atoms with Crippen molar-refractivity contribution in [2.45, 2.75) is 0 Å². The number of nitrogens with zero attached hydrogens (tertiary/aromatic N) is 2. The van der Waals surface area contributed by atoms with Gasteiger partial charge in [-0.3, -0.25) is 0 Å². The van der Waals surface area contributed by atoms with Gasteiger partial charge >= 0.3 is 0 Å². The van der Waals surface area contributed by atoms with Crippen LogP contribution in [0.2, 0.25) is 0 Å². The van der Waals surface area contributed by atoms with Gasteiger partial charge in [0.15, 0.2) is 5.75 Å². The van der Waals surface area contributed by atoms with Crippen molar-refractivity contribution in [3.05, 3.63) is 42.5 Å². The third-order valence-electron chi connectivity index (χ3n) is 3.46. The molecule has 0 amide bonds. The van der Waals surface area contributed by atoms with Gasteiger partial charge in [0.2, 0.25) is 0 Å². The van der Waals surface area contributed by atoms with Crippen molar-refractivity contribution < 1.29 is 25.2 Å². The van der Waals surface area contributed by atoms with Gasteiger partial charge in [-0.25, -0.2) is 0 Å². The minimum atomic E-state index is -0.262. The first-order valence-corrected chi connectivity index (χ1v) is 6.96. The first-order valence-electron chi connectivity index (χ1n) is 6.96. The Balaban J connectivity index is 2.06. The molecule has 0 saturated heterocycles. The molecule has 4 N–H and O–H groups in total. The van der Waals surface area contributed by atoms with E-state index in [0.29, 0.717) is 16.8 Å². The number of methoxy groups -OCH3 is 1. The zero-order chi connectivity index (χ0) is 17.3. The fraction of sp³-hybridized carbons (Fsp3) is 0.0588. The quantitative estimate of drug-likeness (QED) is 0.541. The second-order valence-corrected chi connectivity index (χ2v) is 5.05. The molecular formula is C17H14N2O5. The van der Waals surface area contributed by atoms with Crippen LogP contribution in [0.3, 0.4) is 0 Å². The Morgan fingerprint density at radius 2 is 1.50 bits per heavy atom. The second-order valence-electron chi connectivity index (χ2n) is 5.05. The van der Waals surface area contributed by atoms with Gasteiger partial charge in [-0.15, -0.1) is 10.2 Å². The van der Waals surface area contributed by atoms with Crippen molar-refractivity contribution in [2.75, 3.05) is 7.11 Å². The largest absolute Gasteiger partial charge is 0.508 e. The average Bonchev–Trinajstić information content (AvgIpc) is 2.54. The number of aromatic hydroxyl groups is 4. The van der Waals surface area contributed by atoms with Crippen molar-refractivity contribution in [3.8, 4) is 28.7 Å². The lowest BCUT2D eigenvalue weighted by Crippen LogP contribution is -1.82. The van der Waals surface area contributed by atoms with Crippen LogP contribution in [-0.2, 0) is 0 Å². The third kappa shape index (κ3) is 2.74. The Morgan fingerprint density at radius 3 is 2.25 bits per heavy atom. The molecule has 0 atom stereocenters. The molecule has 0 bridgehead atoms. The second kappa shape index (κ2) is 5.96. The van der Waals surface area contributed by atoms with E-state index in [4.69, 9.17) is 4.74 Å². The van der Waals surface area contributed by atoms with Gasteiger partial charge in [0.05, 0.1) is 12.5 Å². The van der Waals surface area contributed by atoms with E-state index in [1.807, 2.05) is 0 Å². The number of rotatable bonds is 3.